The zero-order valence-corrected chi connectivity index (χ0v) is 22.5. The Kier molecular flexibility index (Phi) is 11.6. The van der Waals surface area contributed by atoms with Gasteiger partial charge in [0.1, 0.15) is 12.5 Å². The van der Waals surface area contributed by atoms with Crippen molar-refractivity contribution in [3.8, 4) is 0 Å². The molecule has 28 heavy (non-hydrogen) atoms. The normalized spacial score (nSPS) is 15.2. The molecule has 0 aromatic heterocycles. The molecule has 0 bridgehead atoms. The summed E-state index contributed by atoms with van der Waals surface area (Å²) in [6.07, 6.45) is 3.73. The molecule has 162 valence electrons. The van der Waals surface area contributed by atoms with Crippen LogP contribution in [0, 0.1) is 0 Å². The van der Waals surface area contributed by atoms with Gasteiger partial charge in [-0.25, -0.2) is 9.59 Å². The average molecular weight is 465 g/mol. The van der Waals surface area contributed by atoms with E-state index in [0.717, 1.165) is 24.6 Å². The molecule has 0 fully saturated rings. The lowest BCUT2D eigenvalue weighted by Crippen LogP contribution is -2.55. The number of rotatable bonds is 14. The SMILES string of the molecule is C=CC(=O)OC[Si](C)(C)O[SiH](C)O[Si](C)(CCC)O[Si](C)(C)COC(=O)C=C. The van der Waals surface area contributed by atoms with Crippen LogP contribution in [-0.4, -0.2) is 58.9 Å². The first-order valence-corrected chi connectivity index (χ1v) is 20.3. The topological polar surface area (TPSA) is 80.3 Å². The molecule has 0 heterocycles. The first-order valence-electron chi connectivity index (χ1n) is 9.42. The molecular formula is C17H36O7Si4. The number of hydrogen-bond acceptors (Lipinski definition) is 7. The van der Waals surface area contributed by atoms with Gasteiger partial charge in [0.25, 0.3) is 9.28 Å². The summed E-state index contributed by atoms with van der Waals surface area (Å²) >= 11 is 0. The number of carbonyl (C=O) groups is 2. The van der Waals surface area contributed by atoms with Gasteiger partial charge in [0.15, 0.2) is 0 Å². The number of esters is 2. The fraction of sp³-hybridized carbons (Fsp3) is 0.647. The van der Waals surface area contributed by atoms with Gasteiger partial charge in [0, 0.05) is 12.2 Å². The van der Waals surface area contributed by atoms with Gasteiger partial charge in [-0.15, -0.1) is 0 Å². The van der Waals surface area contributed by atoms with Crippen LogP contribution >= 0.6 is 0 Å². The summed E-state index contributed by atoms with van der Waals surface area (Å²) in [6.45, 7) is 20.9. The van der Waals surface area contributed by atoms with Crippen molar-refractivity contribution in [1.82, 2.24) is 0 Å². The largest absolute Gasteiger partial charge is 0.463 e. The standard InChI is InChI=1S/C17H36O7Si4/c1-10-13-28(9,24-27(7,8)15-21-17(19)12-3)23-25(4)22-26(5,6)14-20-16(18)11-2/h11-12,25H,2-3,10,13-15H2,1,4-9H3. The lowest BCUT2D eigenvalue weighted by atomic mass is 10.6. The number of hydrogen-bond donors (Lipinski definition) is 0. The van der Waals surface area contributed by atoms with E-state index in [1.807, 2.05) is 39.3 Å². The first kappa shape index (κ1) is 27.2. The van der Waals surface area contributed by atoms with Gasteiger partial charge in [-0.05, 0) is 45.3 Å². The molecule has 7 nitrogen and oxygen atoms in total. The van der Waals surface area contributed by atoms with Crippen LogP contribution in [0.15, 0.2) is 25.3 Å². The van der Waals surface area contributed by atoms with E-state index in [1.165, 1.54) is 0 Å². The van der Waals surface area contributed by atoms with Crippen molar-refractivity contribution in [3.63, 3.8) is 0 Å². The van der Waals surface area contributed by atoms with Crippen LogP contribution in [0.3, 0.4) is 0 Å². The zero-order valence-electron chi connectivity index (χ0n) is 18.3. The molecule has 0 spiro atoms. The summed E-state index contributed by atoms with van der Waals surface area (Å²) in [5.74, 6) is -0.897. The Morgan fingerprint density at radius 3 is 1.79 bits per heavy atom. The Bertz CT molecular complexity index is 554. The molecule has 0 rings (SSSR count). The second kappa shape index (κ2) is 12.0. The highest BCUT2D eigenvalue weighted by atomic mass is 28.5. The lowest BCUT2D eigenvalue weighted by molar-refractivity contribution is -0.137. The monoisotopic (exact) mass is 464 g/mol. The molecule has 0 N–H and O–H groups in total. The van der Waals surface area contributed by atoms with Gasteiger partial charge in [-0.3, -0.25) is 0 Å². The smallest absolute Gasteiger partial charge is 0.329 e. The van der Waals surface area contributed by atoms with E-state index in [4.69, 9.17) is 21.8 Å². The van der Waals surface area contributed by atoms with E-state index in [1.54, 1.807) is 0 Å². The predicted octanol–water partition coefficient (Wildman–Crippen LogP) is 3.32. The summed E-state index contributed by atoms with van der Waals surface area (Å²) in [7, 11) is -9.00. The van der Waals surface area contributed by atoms with E-state index in [0.29, 0.717) is 0 Å². The Labute approximate surface area is 174 Å². The van der Waals surface area contributed by atoms with Gasteiger partial charge >= 0.3 is 20.5 Å². The van der Waals surface area contributed by atoms with Gasteiger partial charge in [-0.1, -0.05) is 26.5 Å². The highest BCUT2D eigenvalue weighted by molar-refractivity contribution is 6.86. The fourth-order valence-corrected chi connectivity index (χ4v) is 18.3. The van der Waals surface area contributed by atoms with Crippen molar-refractivity contribution in [2.24, 2.45) is 0 Å². The Morgan fingerprint density at radius 2 is 1.36 bits per heavy atom. The summed E-state index contributed by atoms with van der Waals surface area (Å²) in [5, 5.41) is 0. The van der Waals surface area contributed by atoms with Crippen LogP contribution in [0.1, 0.15) is 13.3 Å². The molecule has 0 amide bonds. The highest BCUT2D eigenvalue weighted by Crippen LogP contribution is 2.24. The molecule has 0 radical (unpaired) electrons. The molecule has 0 aromatic carbocycles. The van der Waals surface area contributed by atoms with Crippen LogP contribution in [0.4, 0.5) is 0 Å². The molecule has 0 saturated heterocycles. The van der Waals surface area contributed by atoms with Crippen molar-refractivity contribution in [3.05, 3.63) is 25.3 Å². The summed E-state index contributed by atoms with van der Waals surface area (Å²) < 4.78 is 29.5. The van der Waals surface area contributed by atoms with Crippen LogP contribution < -0.4 is 0 Å². The van der Waals surface area contributed by atoms with Gasteiger partial charge in [0.05, 0.1) is 0 Å². The van der Waals surface area contributed by atoms with Crippen LogP contribution in [0.25, 0.3) is 0 Å². The van der Waals surface area contributed by atoms with Gasteiger partial charge in [0.2, 0.25) is 16.6 Å². The molecule has 2 atom stereocenters. The Morgan fingerprint density at radius 1 is 0.893 bits per heavy atom. The maximum atomic E-state index is 11.4. The maximum absolute atomic E-state index is 11.4. The van der Waals surface area contributed by atoms with Crippen molar-refractivity contribution >= 4 is 46.4 Å². The molecule has 0 aliphatic heterocycles. The highest BCUT2D eigenvalue weighted by Gasteiger charge is 2.41. The van der Waals surface area contributed by atoms with Crippen LogP contribution in [-0.2, 0) is 31.4 Å². The quantitative estimate of drug-likeness (QED) is 0.222. The predicted molar refractivity (Wildman–Crippen MR) is 120 cm³/mol. The molecule has 11 heteroatoms. The summed E-state index contributed by atoms with van der Waals surface area (Å²) in [4.78, 5) is 22.7. The van der Waals surface area contributed by atoms with E-state index < -0.39 is 46.4 Å². The van der Waals surface area contributed by atoms with E-state index in [2.05, 4.69) is 20.1 Å². The molecule has 0 aliphatic rings. The van der Waals surface area contributed by atoms with Crippen molar-refractivity contribution in [1.29, 1.82) is 0 Å². The van der Waals surface area contributed by atoms with Crippen LogP contribution in [0.5, 0.6) is 0 Å². The van der Waals surface area contributed by atoms with Gasteiger partial charge in [-0.2, -0.15) is 0 Å². The molecular weight excluding hydrogens is 429 g/mol. The van der Waals surface area contributed by atoms with Crippen molar-refractivity contribution in [2.75, 3.05) is 12.5 Å². The molecule has 2 unspecified atom stereocenters. The minimum atomic E-state index is -2.50. The third kappa shape index (κ3) is 11.9. The van der Waals surface area contributed by atoms with E-state index >= 15 is 0 Å². The number of ether oxygens (including phenoxy) is 2. The van der Waals surface area contributed by atoms with E-state index in [-0.39, 0.29) is 12.5 Å². The summed E-state index contributed by atoms with van der Waals surface area (Å²) in [5.41, 5.74) is 0. The third-order valence-corrected chi connectivity index (χ3v) is 17.8. The molecule has 0 aromatic rings. The first-order chi connectivity index (χ1) is 12.8. The zero-order chi connectivity index (χ0) is 22.0. The summed E-state index contributed by atoms with van der Waals surface area (Å²) in [6, 6.07) is 0.826. The molecule has 0 aliphatic carbocycles. The van der Waals surface area contributed by atoms with Crippen molar-refractivity contribution < 1.29 is 31.4 Å². The minimum absolute atomic E-state index is 0.252. The Balaban J connectivity index is 4.95. The lowest BCUT2D eigenvalue weighted by Gasteiger charge is -2.38. The average Bonchev–Trinajstić information content (AvgIpc) is 2.56. The van der Waals surface area contributed by atoms with E-state index in [9.17, 15) is 9.59 Å². The fourth-order valence-electron chi connectivity index (χ4n) is 2.67. The van der Waals surface area contributed by atoms with Gasteiger partial charge < -0.3 is 21.8 Å². The number of carbonyl (C=O) groups excluding carboxylic acids is 2. The molecule has 0 saturated carbocycles. The Hall–Kier alpha value is -0.832. The second-order valence-corrected chi connectivity index (χ2v) is 22.2. The minimum Gasteiger partial charge on any atom is -0.463 e. The third-order valence-electron chi connectivity index (χ3n) is 3.55. The van der Waals surface area contributed by atoms with Crippen LogP contribution in [0.2, 0.25) is 45.3 Å². The van der Waals surface area contributed by atoms with Crippen molar-refractivity contribution in [2.45, 2.75) is 58.7 Å². The second-order valence-electron chi connectivity index (χ2n) is 7.93. The maximum Gasteiger partial charge on any atom is 0.329 e.